The number of carbonyl (C=O) groups is 1. The molecule has 0 atom stereocenters. The summed E-state index contributed by atoms with van der Waals surface area (Å²) in [4.78, 5) is 21.4. The summed E-state index contributed by atoms with van der Waals surface area (Å²) in [6, 6.07) is 18.4. The fraction of sp³-hybridized carbons (Fsp3) is 0.375. The first kappa shape index (κ1) is 18.8. The van der Waals surface area contributed by atoms with E-state index in [0.29, 0.717) is 0 Å². The van der Waals surface area contributed by atoms with Gasteiger partial charge >= 0.3 is 0 Å². The summed E-state index contributed by atoms with van der Waals surface area (Å²) in [5.74, 6) is 0.0983. The molecule has 0 spiro atoms. The maximum absolute atomic E-state index is 13.5. The molecule has 1 aromatic heterocycles. The normalized spacial score (nSPS) is 15.8. The molecule has 1 saturated heterocycles. The van der Waals surface area contributed by atoms with Crippen LogP contribution >= 0.6 is 0 Å². The summed E-state index contributed by atoms with van der Waals surface area (Å²) in [6.07, 6.45) is 3.21. The van der Waals surface area contributed by atoms with Crippen LogP contribution in [0.15, 0.2) is 54.6 Å². The molecule has 28 heavy (non-hydrogen) atoms. The van der Waals surface area contributed by atoms with Gasteiger partial charge in [-0.05, 0) is 69.1 Å². The Labute approximate surface area is 167 Å². The Kier molecular flexibility index (Phi) is 5.49. The smallest absolute Gasteiger partial charge is 0.258 e. The first-order valence-corrected chi connectivity index (χ1v) is 10.4. The Hall–Kier alpha value is -2.59. The zero-order valence-electron chi connectivity index (χ0n) is 16.8. The van der Waals surface area contributed by atoms with Crippen molar-refractivity contribution in [1.82, 2.24) is 9.88 Å². The standard InChI is InChI=1S/C24H29N3O/c1-3-13-26-14-11-21(12-15-26)27(24(28)19-7-5-4-6-8-19)22-9-10-23-20(17-22)16-18(2)25-23/h4-10,16-17,21,25H,3,11-15H2,1-2H3. The predicted molar refractivity (Wildman–Crippen MR) is 116 cm³/mol. The minimum absolute atomic E-state index is 0.0983. The zero-order valence-corrected chi connectivity index (χ0v) is 16.8. The molecule has 0 bridgehead atoms. The molecule has 3 aromatic rings. The van der Waals surface area contributed by atoms with Gasteiger partial charge in [0.1, 0.15) is 0 Å². The lowest BCUT2D eigenvalue weighted by Crippen LogP contribution is -2.47. The average Bonchev–Trinajstić information content (AvgIpc) is 3.09. The lowest BCUT2D eigenvalue weighted by atomic mass is 10.00. The summed E-state index contributed by atoms with van der Waals surface area (Å²) >= 11 is 0. The van der Waals surface area contributed by atoms with Crippen LogP contribution in [0, 0.1) is 6.92 Å². The minimum Gasteiger partial charge on any atom is -0.359 e. The van der Waals surface area contributed by atoms with Crippen LogP contribution in [-0.4, -0.2) is 41.5 Å². The van der Waals surface area contributed by atoms with Gasteiger partial charge in [-0.2, -0.15) is 0 Å². The van der Waals surface area contributed by atoms with Gasteiger partial charge in [0.05, 0.1) is 0 Å². The number of rotatable bonds is 5. The highest BCUT2D eigenvalue weighted by atomic mass is 16.2. The van der Waals surface area contributed by atoms with Gasteiger partial charge in [0.15, 0.2) is 0 Å². The summed E-state index contributed by atoms with van der Waals surface area (Å²) < 4.78 is 0. The molecule has 0 radical (unpaired) electrons. The molecule has 1 N–H and O–H groups in total. The third kappa shape index (κ3) is 3.83. The predicted octanol–water partition coefficient (Wildman–Crippen LogP) is 5.00. The van der Waals surface area contributed by atoms with E-state index >= 15 is 0 Å². The number of aromatic amines is 1. The Morgan fingerprint density at radius 2 is 1.86 bits per heavy atom. The van der Waals surface area contributed by atoms with Gasteiger partial charge in [0.25, 0.3) is 5.91 Å². The number of hydrogen-bond donors (Lipinski definition) is 1. The van der Waals surface area contributed by atoms with E-state index in [-0.39, 0.29) is 11.9 Å². The van der Waals surface area contributed by atoms with Crippen LogP contribution in [0.2, 0.25) is 0 Å². The summed E-state index contributed by atoms with van der Waals surface area (Å²) in [5, 5.41) is 1.16. The number of aromatic nitrogens is 1. The average molecular weight is 376 g/mol. The van der Waals surface area contributed by atoms with Crippen molar-refractivity contribution in [3.63, 3.8) is 0 Å². The van der Waals surface area contributed by atoms with Crippen LogP contribution in [0.4, 0.5) is 5.69 Å². The van der Waals surface area contributed by atoms with E-state index in [2.05, 4.69) is 48.0 Å². The molecule has 0 unspecified atom stereocenters. The number of aryl methyl sites for hydroxylation is 1. The Balaban J connectivity index is 1.67. The lowest BCUT2D eigenvalue weighted by molar-refractivity contribution is 0.0960. The second kappa shape index (κ2) is 8.19. The number of carbonyl (C=O) groups excluding carboxylic acids is 1. The van der Waals surface area contributed by atoms with Gasteiger partial charge in [-0.1, -0.05) is 25.1 Å². The Morgan fingerprint density at radius 1 is 1.11 bits per heavy atom. The van der Waals surface area contributed by atoms with Gasteiger partial charge in [-0.25, -0.2) is 0 Å². The van der Waals surface area contributed by atoms with Crippen LogP contribution in [0.5, 0.6) is 0 Å². The second-order valence-electron chi connectivity index (χ2n) is 7.84. The van der Waals surface area contributed by atoms with Crippen molar-refractivity contribution < 1.29 is 4.79 Å². The number of fused-ring (bicyclic) bond motifs is 1. The highest BCUT2D eigenvalue weighted by Crippen LogP contribution is 2.29. The third-order valence-electron chi connectivity index (χ3n) is 5.72. The molecule has 4 rings (SSSR count). The molecule has 4 nitrogen and oxygen atoms in total. The van der Waals surface area contributed by atoms with Gasteiger partial charge in [-0.3, -0.25) is 4.79 Å². The van der Waals surface area contributed by atoms with Crippen LogP contribution in [-0.2, 0) is 0 Å². The van der Waals surface area contributed by atoms with Gasteiger partial charge in [0, 0.05) is 47.0 Å². The number of likely N-dealkylation sites (tertiary alicyclic amines) is 1. The molecule has 2 aromatic carbocycles. The van der Waals surface area contributed by atoms with Gasteiger partial charge in [-0.15, -0.1) is 0 Å². The van der Waals surface area contributed by atoms with E-state index in [4.69, 9.17) is 0 Å². The van der Waals surface area contributed by atoms with Gasteiger partial charge < -0.3 is 14.8 Å². The maximum Gasteiger partial charge on any atom is 0.258 e. The number of H-pyrrole nitrogens is 1. The van der Waals surface area contributed by atoms with E-state index in [0.717, 1.165) is 60.3 Å². The van der Waals surface area contributed by atoms with Crippen molar-refractivity contribution in [3.8, 4) is 0 Å². The van der Waals surface area contributed by atoms with E-state index in [1.807, 2.05) is 35.2 Å². The van der Waals surface area contributed by atoms with Crippen molar-refractivity contribution in [1.29, 1.82) is 0 Å². The molecule has 0 aliphatic carbocycles. The highest BCUT2D eigenvalue weighted by molar-refractivity contribution is 6.07. The first-order chi connectivity index (χ1) is 13.7. The maximum atomic E-state index is 13.5. The Bertz CT molecular complexity index is 939. The highest BCUT2D eigenvalue weighted by Gasteiger charge is 2.29. The molecular weight excluding hydrogens is 346 g/mol. The second-order valence-corrected chi connectivity index (χ2v) is 7.84. The summed E-state index contributed by atoms with van der Waals surface area (Å²) in [5.41, 5.74) is 4.00. The summed E-state index contributed by atoms with van der Waals surface area (Å²) in [7, 11) is 0. The van der Waals surface area contributed by atoms with E-state index in [1.165, 1.54) is 6.42 Å². The topological polar surface area (TPSA) is 39.3 Å². The van der Waals surface area contributed by atoms with Crippen LogP contribution in [0.1, 0.15) is 42.2 Å². The van der Waals surface area contributed by atoms with E-state index < -0.39 is 0 Å². The number of piperidine rings is 1. The third-order valence-corrected chi connectivity index (χ3v) is 5.72. The fourth-order valence-electron chi connectivity index (χ4n) is 4.35. The molecule has 1 fully saturated rings. The van der Waals surface area contributed by atoms with Crippen molar-refractivity contribution in [2.75, 3.05) is 24.5 Å². The minimum atomic E-state index is 0.0983. The van der Waals surface area contributed by atoms with E-state index in [1.54, 1.807) is 0 Å². The molecule has 0 saturated carbocycles. The number of benzene rings is 2. The lowest BCUT2D eigenvalue weighted by Gasteiger charge is -2.38. The molecule has 146 valence electrons. The Morgan fingerprint density at radius 3 is 2.57 bits per heavy atom. The van der Waals surface area contributed by atoms with Gasteiger partial charge in [0.2, 0.25) is 0 Å². The molecule has 1 amide bonds. The number of amides is 1. The monoisotopic (exact) mass is 375 g/mol. The summed E-state index contributed by atoms with van der Waals surface area (Å²) in [6.45, 7) is 7.56. The van der Waals surface area contributed by atoms with Crippen LogP contribution in [0.25, 0.3) is 10.9 Å². The fourth-order valence-corrected chi connectivity index (χ4v) is 4.35. The molecule has 1 aliphatic heterocycles. The largest absolute Gasteiger partial charge is 0.359 e. The molecular formula is C24H29N3O. The van der Waals surface area contributed by atoms with Crippen molar-refractivity contribution in [3.05, 3.63) is 65.9 Å². The number of hydrogen-bond acceptors (Lipinski definition) is 2. The van der Waals surface area contributed by atoms with Crippen molar-refractivity contribution in [2.45, 2.75) is 39.2 Å². The van der Waals surface area contributed by atoms with Crippen molar-refractivity contribution >= 4 is 22.5 Å². The molecule has 4 heteroatoms. The van der Waals surface area contributed by atoms with E-state index in [9.17, 15) is 4.79 Å². The quantitative estimate of drug-likeness (QED) is 0.682. The number of anilines is 1. The zero-order chi connectivity index (χ0) is 19.5. The molecule has 2 heterocycles. The SMILES string of the molecule is CCCN1CCC(N(C(=O)c2ccccc2)c2ccc3[nH]c(C)cc3c2)CC1. The number of nitrogens with zero attached hydrogens (tertiary/aromatic N) is 2. The molecule has 1 aliphatic rings. The van der Waals surface area contributed by atoms with Crippen LogP contribution in [0.3, 0.4) is 0 Å². The first-order valence-electron chi connectivity index (χ1n) is 10.4. The van der Waals surface area contributed by atoms with Crippen LogP contribution < -0.4 is 4.90 Å². The number of nitrogens with one attached hydrogen (secondary N) is 1. The van der Waals surface area contributed by atoms with Crippen molar-refractivity contribution in [2.24, 2.45) is 0 Å².